The molecule has 0 heterocycles. The Hall–Kier alpha value is -1.07. The molecule has 0 bridgehead atoms. The van der Waals surface area contributed by atoms with Crippen molar-refractivity contribution in [1.29, 1.82) is 0 Å². The molecule has 25 heavy (non-hydrogen) atoms. The maximum absolute atomic E-state index is 6.52. The van der Waals surface area contributed by atoms with Gasteiger partial charge in [-0.2, -0.15) is 0 Å². The Balaban J connectivity index is 0.00000288. The minimum absolute atomic E-state index is 0. The molecule has 0 aliphatic heterocycles. The van der Waals surface area contributed by atoms with Gasteiger partial charge in [-0.25, -0.2) is 0 Å². The van der Waals surface area contributed by atoms with Crippen LogP contribution >= 0.6 is 0 Å². The molecule has 7 heteroatoms. The lowest BCUT2D eigenvalue weighted by atomic mass is 10.4. The van der Waals surface area contributed by atoms with Crippen LogP contribution in [0.2, 0.25) is 13.1 Å². The van der Waals surface area contributed by atoms with E-state index in [9.17, 15) is 0 Å². The van der Waals surface area contributed by atoms with Crippen molar-refractivity contribution in [2.24, 2.45) is 0 Å². The van der Waals surface area contributed by atoms with Crippen LogP contribution in [0.1, 0.15) is 14.9 Å². The van der Waals surface area contributed by atoms with Crippen molar-refractivity contribution in [3.8, 4) is 0 Å². The number of benzene rings is 2. The third-order valence-corrected chi connectivity index (χ3v) is 12.5. The Morgan fingerprint density at radius 3 is 1.24 bits per heavy atom. The van der Waals surface area contributed by atoms with E-state index in [0.29, 0.717) is 0 Å². The van der Waals surface area contributed by atoms with Crippen LogP contribution in [-0.4, -0.2) is 41.3 Å². The maximum atomic E-state index is 6.52. The lowest BCUT2D eigenvalue weighted by Crippen LogP contribution is -2.67. The second kappa shape index (κ2) is 11.5. The van der Waals surface area contributed by atoms with E-state index in [4.69, 9.17) is 17.1 Å². The summed E-state index contributed by atoms with van der Waals surface area (Å²) in [4.78, 5) is 0. The van der Waals surface area contributed by atoms with E-state index in [1.54, 1.807) is 14.2 Å². The minimum atomic E-state index is -2.84. The highest BCUT2D eigenvalue weighted by molar-refractivity contribution is 6.98. The molecule has 0 saturated heterocycles. The number of hydrogen-bond donors (Lipinski definition) is 0. The lowest BCUT2D eigenvalue weighted by molar-refractivity contribution is 0.283. The fourth-order valence-electron chi connectivity index (χ4n) is 2.35. The van der Waals surface area contributed by atoms with Crippen molar-refractivity contribution in [3.63, 3.8) is 0 Å². The van der Waals surface area contributed by atoms with E-state index < -0.39 is 27.1 Å². The topological polar surface area (TPSA) is 36.9 Å². The van der Waals surface area contributed by atoms with Gasteiger partial charge in [0.1, 0.15) is 0 Å². The van der Waals surface area contributed by atoms with Crippen molar-refractivity contribution >= 4 is 37.5 Å². The number of hydrogen-bond acceptors (Lipinski definition) is 4. The minimum Gasteiger partial charge on any atom is -0.411 e. The summed E-state index contributed by atoms with van der Waals surface area (Å²) in [5, 5.41) is 2.16. The van der Waals surface area contributed by atoms with Gasteiger partial charge in [0, 0.05) is 14.2 Å². The summed E-state index contributed by atoms with van der Waals surface area (Å²) in [6, 6.07) is 20.4. The van der Waals surface area contributed by atoms with E-state index in [2.05, 4.69) is 24.3 Å². The highest BCUT2D eigenvalue weighted by atomic mass is 28.5. The van der Waals surface area contributed by atoms with Crippen LogP contribution < -0.4 is 10.4 Å². The maximum Gasteiger partial charge on any atom is 0.389 e. The molecular weight excluding hydrogens is 364 g/mol. The van der Waals surface area contributed by atoms with Crippen molar-refractivity contribution in [2.45, 2.75) is 27.9 Å². The van der Waals surface area contributed by atoms with Crippen molar-refractivity contribution < 1.29 is 17.1 Å². The van der Waals surface area contributed by atoms with Crippen molar-refractivity contribution in [3.05, 3.63) is 60.7 Å². The monoisotopic (exact) mass is 396 g/mol. The third-order valence-electron chi connectivity index (χ3n) is 3.64. The zero-order valence-corrected chi connectivity index (χ0v) is 17.4. The second-order valence-electron chi connectivity index (χ2n) is 5.19. The van der Waals surface area contributed by atoms with Crippen LogP contribution in [0.15, 0.2) is 60.7 Å². The lowest BCUT2D eigenvalue weighted by Gasteiger charge is -2.35. The van der Waals surface area contributed by atoms with Gasteiger partial charge in [0.15, 0.2) is 0 Å². The molecule has 2 rings (SSSR count). The molecule has 0 aliphatic rings. The van der Waals surface area contributed by atoms with Crippen LogP contribution in [-0.2, 0) is 17.1 Å². The summed E-state index contributed by atoms with van der Waals surface area (Å²) < 4.78 is 24.1. The standard InChI is InChI=1S/C16H24O4Si3.2CH4/c1-17-21(3)19-23(20-22(4)18-2,15-11-7-5-8-12-15)16-13-9-6-10-14-16;;/h5-14,21-22H,1-4H3;2*1H4. The van der Waals surface area contributed by atoms with E-state index in [-0.39, 0.29) is 14.9 Å². The van der Waals surface area contributed by atoms with Gasteiger partial charge in [0.25, 0.3) is 0 Å². The van der Waals surface area contributed by atoms with E-state index in [1.807, 2.05) is 49.5 Å². The normalized spacial score (nSPS) is 13.3. The zero-order valence-electron chi connectivity index (χ0n) is 14.1. The molecule has 0 aliphatic carbocycles. The Kier molecular flexibility index (Phi) is 11.0. The third kappa shape index (κ3) is 6.00. The molecule has 2 atom stereocenters. The molecule has 0 fully saturated rings. The molecule has 2 aromatic carbocycles. The van der Waals surface area contributed by atoms with Gasteiger partial charge in [-0.3, -0.25) is 0 Å². The van der Waals surface area contributed by atoms with Gasteiger partial charge in [-0.15, -0.1) is 0 Å². The number of rotatable bonds is 8. The summed E-state index contributed by atoms with van der Waals surface area (Å²) >= 11 is 0. The first-order valence-electron chi connectivity index (χ1n) is 7.64. The van der Waals surface area contributed by atoms with Gasteiger partial charge in [0.2, 0.25) is 0 Å². The summed E-state index contributed by atoms with van der Waals surface area (Å²) in [7, 11) is -3.07. The highest BCUT2D eigenvalue weighted by Crippen LogP contribution is 2.13. The van der Waals surface area contributed by atoms with E-state index in [0.717, 1.165) is 10.4 Å². The zero-order chi connectivity index (χ0) is 16.7. The quantitative estimate of drug-likeness (QED) is 0.643. The molecule has 0 amide bonds. The average Bonchev–Trinajstić information content (AvgIpc) is 2.62. The largest absolute Gasteiger partial charge is 0.411 e. The second-order valence-corrected chi connectivity index (χ2v) is 12.7. The molecule has 140 valence electrons. The SMILES string of the molecule is C.C.CO[SiH](C)O[Si](O[SiH](C)OC)(c1ccccc1)c1ccccc1. The van der Waals surface area contributed by atoms with Crippen LogP contribution in [0.3, 0.4) is 0 Å². The fraction of sp³-hybridized carbons (Fsp3) is 0.333. The van der Waals surface area contributed by atoms with Gasteiger partial charge < -0.3 is 17.1 Å². The van der Waals surface area contributed by atoms with Crippen LogP contribution in [0, 0.1) is 0 Å². The predicted octanol–water partition coefficient (Wildman–Crippen LogP) is 2.54. The summed E-state index contributed by atoms with van der Waals surface area (Å²) in [5.41, 5.74) is 0. The van der Waals surface area contributed by atoms with Crippen LogP contribution in [0.25, 0.3) is 0 Å². The van der Waals surface area contributed by atoms with Crippen LogP contribution in [0.5, 0.6) is 0 Å². The molecule has 0 radical (unpaired) electrons. The van der Waals surface area contributed by atoms with Gasteiger partial charge in [0.05, 0.1) is 0 Å². The predicted molar refractivity (Wildman–Crippen MR) is 114 cm³/mol. The van der Waals surface area contributed by atoms with Gasteiger partial charge in [-0.1, -0.05) is 75.5 Å². The molecule has 2 aromatic rings. The Morgan fingerprint density at radius 1 is 0.640 bits per heavy atom. The van der Waals surface area contributed by atoms with Gasteiger partial charge >= 0.3 is 27.1 Å². The van der Waals surface area contributed by atoms with Crippen molar-refractivity contribution in [2.75, 3.05) is 14.2 Å². The first kappa shape index (κ1) is 23.9. The van der Waals surface area contributed by atoms with Crippen LogP contribution in [0.4, 0.5) is 0 Å². The molecular formula is C18H32O4Si3. The molecule has 2 unspecified atom stereocenters. The molecule has 0 saturated carbocycles. The Bertz CT molecular complexity index is 530. The van der Waals surface area contributed by atoms with Gasteiger partial charge in [-0.05, 0) is 23.5 Å². The first-order chi connectivity index (χ1) is 11.1. The van der Waals surface area contributed by atoms with E-state index >= 15 is 0 Å². The Morgan fingerprint density at radius 2 is 0.960 bits per heavy atom. The average molecular weight is 397 g/mol. The molecule has 0 N–H and O–H groups in total. The summed E-state index contributed by atoms with van der Waals surface area (Å²) in [6.45, 7) is 4.05. The summed E-state index contributed by atoms with van der Waals surface area (Å²) in [5.74, 6) is 0. The molecule has 4 nitrogen and oxygen atoms in total. The van der Waals surface area contributed by atoms with E-state index in [1.165, 1.54) is 0 Å². The Labute approximate surface area is 157 Å². The summed E-state index contributed by atoms with van der Waals surface area (Å²) in [6.07, 6.45) is 0. The molecule has 0 aromatic heterocycles. The smallest absolute Gasteiger partial charge is 0.389 e. The highest BCUT2D eigenvalue weighted by Gasteiger charge is 2.45. The van der Waals surface area contributed by atoms with Crippen molar-refractivity contribution in [1.82, 2.24) is 0 Å². The fourth-order valence-corrected chi connectivity index (χ4v) is 11.4. The molecule has 0 spiro atoms. The first-order valence-corrected chi connectivity index (χ1v) is 13.7.